The minimum Gasteiger partial charge on any atom is -0.325 e. The zero-order chi connectivity index (χ0) is 24.6. The predicted molar refractivity (Wildman–Crippen MR) is 116 cm³/mol. The van der Waals surface area contributed by atoms with Crippen LogP contribution in [0.2, 0.25) is 0 Å². The summed E-state index contributed by atoms with van der Waals surface area (Å²) in [5.74, 6) is -4.39. The highest BCUT2D eigenvalue weighted by molar-refractivity contribution is 6.04. The molecule has 2 aromatic carbocycles. The van der Waals surface area contributed by atoms with Crippen molar-refractivity contribution < 1.29 is 26.7 Å². The van der Waals surface area contributed by atoms with Crippen molar-refractivity contribution in [3.63, 3.8) is 0 Å². The number of rotatable bonds is 4. The van der Waals surface area contributed by atoms with Gasteiger partial charge in [0, 0.05) is 34.4 Å². The fourth-order valence-corrected chi connectivity index (χ4v) is 3.62. The van der Waals surface area contributed by atoms with Gasteiger partial charge in [-0.2, -0.15) is 17.6 Å². The Morgan fingerprint density at radius 3 is 2.44 bits per heavy atom. The van der Waals surface area contributed by atoms with Crippen LogP contribution >= 0.6 is 0 Å². The molecule has 1 atom stereocenters. The second-order valence-corrected chi connectivity index (χ2v) is 7.49. The van der Waals surface area contributed by atoms with E-state index in [4.69, 9.17) is 0 Å². The molecule has 174 valence electrons. The van der Waals surface area contributed by atoms with E-state index in [0.29, 0.717) is 11.5 Å². The first-order valence-electron chi connectivity index (χ1n) is 10.0. The summed E-state index contributed by atoms with van der Waals surface area (Å²) < 4.78 is 68.7. The molecule has 1 amide bonds. The summed E-state index contributed by atoms with van der Waals surface area (Å²) in [7, 11) is 0. The number of carbonyl (C=O) groups is 1. The van der Waals surface area contributed by atoms with Crippen molar-refractivity contribution in [2.45, 2.75) is 19.0 Å². The Morgan fingerprint density at radius 1 is 1.00 bits per heavy atom. The molecule has 2 aromatic heterocycles. The molecule has 0 aliphatic rings. The summed E-state index contributed by atoms with van der Waals surface area (Å²) in [6, 6.07) is 11.5. The number of pyridine rings is 2. The molecule has 4 rings (SSSR count). The van der Waals surface area contributed by atoms with E-state index < -0.39 is 46.5 Å². The first kappa shape index (κ1) is 23.1. The van der Waals surface area contributed by atoms with Gasteiger partial charge in [0.25, 0.3) is 5.56 Å². The Labute approximate surface area is 189 Å². The average molecular weight is 473 g/mol. The molecule has 10 heteroatoms. The number of halogens is 5. The molecule has 0 aliphatic carbocycles. The molecule has 4 aromatic rings. The van der Waals surface area contributed by atoms with Crippen LogP contribution in [0.25, 0.3) is 16.5 Å². The van der Waals surface area contributed by atoms with E-state index in [2.05, 4.69) is 10.3 Å². The van der Waals surface area contributed by atoms with Crippen LogP contribution in [0, 0.1) is 11.8 Å². The van der Waals surface area contributed by atoms with Crippen molar-refractivity contribution in [3.05, 3.63) is 100 Å². The van der Waals surface area contributed by atoms with Gasteiger partial charge in [0.15, 0.2) is 0 Å². The summed E-state index contributed by atoms with van der Waals surface area (Å²) >= 11 is 0. The number of anilines is 1. The highest BCUT2D eigenvalue weighted by Crippen LogP contribution is 2.34. The molecule has 1 unspecified atom stereocenters. The van der Waals surface area contributed by atoms with Crippen LogP contribution in [0.5, 0.6) is 0 Å². The van der Waals surface area contributed by atoms with Crippen molar-refractivity contribution >= 4 is 22.4 Å². The van der Waals surface area contributed by atoms with Gasteiger partial charge in [0.1, 0.15) is 11.5 Å². The Hall–Kier alpha value is -4.08. The lowest BCUT2D eigenvalue weighted by atomic mass is 9.96. The third-order valence-corrected chi connectivity index (χ3v) is 5.40. The molecular formula is C24H16F5N3O2. The number of nitrogens with one attached hydrogen (secondary N) is 1. The van der Waals surface area contributed by atoms with Crippen LogP contribution < -0.4 is 10.9 Å². The molecule has 1 N–H and O–H groups in total. The number of fused-ring (bicyclic) bond motifs is 1. The molecule has 0 radical (unpaired) electrons. The summed E-state index contributed by atoms with van der Waals surface area (Å²) in [5, 5.41) is 3.02. The van der Waals surface area contributed by atoms with Crippen LogP contribution in [0.4, 0.5) is 27.6 Å². The average Bonchev–Trinajstić information content (AvgIpc) is 2.79. The lowest BCUT2D eigenvalue weighted by Crippen LogP contribution is -2.22. The molecule has 0 bridgehead atoms. The number of amides is 1. The maximum absolute atomic E-state index is 14.5. The number of carbonyl (C=O) groups excluding carboxylic acids is 1. The number of aromatic nitrogens is 2. The Balaban J connectivity index is 1.69. The van der Waals surface area contributed by atoms with E-state index in [1.165, 1.54) is 55.7 Å². The van der Waals surface area contributed by atoms with Crippen molar-refractivity contribution in [1.29, 1.82) is 0 Å². The van der Waals surface area contributed by atoms with Gasteiger partial charge >= 0.3 is 6.18 Å². The fraction of sp³-hybridized carbons (Fsp3) is 0.125. The smallest absolute Gasteiger partial charge is 0.325 e. The molecule has 5 nitrogen and oxygen atoms in total. The summed E-state index contributed by atoms with van der Waals surface area (Å²) in [5.41, 5.74) is -2.31. The minimum atomic E-state index is -4.90. The zero-order valence-corrected chi connectivity index (χ0v) is 17.5. The number of hydrogen-bond acceptors (Lipinski definition) is 3. The van der Waals surface area contributed by atoms with E-state index in [9.17, 15) is 31.5 Å². The van der Waals surface area contributed by atoms with E-state index in [0.717, 1.165) is 16.7 Å². The van der Waals surface area contributed by atoms with Crippen molar-refractivity contribution in [3.8, 4) is 5.69 Å². The standard InChI is InChI=1S/C24H16F5N3O2/c1-13(14-5-2-7-17(20(14)25)24(27,28)29)22(33)31-18-8-3-6-16-15(18)10-12-32(23(16)34)19-9-4-11-30-21(19)26/h2-13H,1H3,(H,31,33). The Morgan fingerprint density at radius 2 is 1.74 bits per heavy atom. The monoisotopic (exact) mass is 473 g/mol. The SMILES string of the molecule is CC(C(=O)Nc1cccc2c(=O)n(-c3cccnc3F)ccc12)c1cccc(C(F)(F)F)c1F. The van der Waals surface area contributed by atoms with Crippen molar-refractivity contribution in [2.75, 3.05) is 5.32 Å². The molecule has 0 spiro atoms. The minimum absolute atomic E-state index is 0.0579. The molecular weight excluding hydrogens is 457 g/mol. The lowest BCUT2D eigenvalue weighted by Gasteiger charge is -2.17. The van der Waals surface area contributed by atoms with Crippen molar-refractivity contribution in [2.24, 2.45) is 0 Å². The first-order valence-corrected chi connectivity index (χ1v) is 10.0. The third kappa shape index (κ3) is 4.14. The Bertz CT molecular complexity index is 1460. The maximum Gasteiger partial charge on any atom is 0.419 e. The van der Waals surface area contributed by atoms with Gasteiger partial charge in [-0.05, 0) is 43.3 Å². The Kier molecular flexibility index (Phi) is 5.90. The van der Waals surface area contributed by atoms with E-state index in [-0.39, 0.29) is 16.8 Å². The molecule has 0 saturated carbocycles. The van der Waals surface area contributed by atoms with Crippen LogP contribution in [0.3, 0.4) is 0 Å². The number of alkyl halides is 3. The quantitative estimate of drug-likeness (QED) is 0.318. The predicted octanol–water partition coefficient (Wildman–Crippen LogP) is 5.42. The fourth-order valence-electron chi connectivity index (χ4n) is 3.62. The zero-order valence-electron chi connectivity index (χ0n) is 17.5. The van der Waals surface area contributed by atoms with Crippen LogP contribution in [-0.4, -0.2) is 15.5 Å². The molecule has 0 aliphatic heterocycles. The van der Waals surface area contributed by atoms with Gasteiger partial charge in [-0.1, -0.05) is 18.2 Å². The van der Waals surface area contributed by atoms with Gasteiger partial charge in [-0.15, -0.1) is 0 Å². The van der Waals surface area contributed by atoms with E-state index in [1.807, 2.05) is 0 Å². The normalized spacial score (nSPS) is 12.5. The van der Waals surface area contributed by atoms with E-state index in [1.54, 1.807) is 0 Å². The number of nitrogens with zero attached hydrogens (tertiary/aromatic N) is 2. The second-order valence-electron chi connectivity index (χ2n) is 7.49. The van der Waals surface area contributed by atoms with Gasteiger partial charge in [-0.3, -0.25) is 14.2 Å². The topological polar surface area (TPSA) is 64.0 Å². The molecule has 0 fully saturated rings. The summed E-state index contributed by atoms with van der Waals surface area (Å²) in [6.07, 6.45) is -2.34. The van der Waals surface area contributed by atoms with Gasteiger partial charge in [0.2, 0.25) is 11.9 Å². The second kappa shape index (κ2) is 8.69. The largest absolute Gasteiger partial charge is 0.419 e. The maximum atomic E-state index is 14.5. The van der Waals surface area contributed by atoms with Crippen LogP contribution in [0.1, 0.15) is 24.0 Å². The van der Waals surface area contributed by atoms with Gasteiger partial charge in [0.05, 0.1) is 11.5 Å². The number of hydrogen-bond donors (Lipinski definition) is 1. The molecule has 2 heterocycles. The summed E-state index contributed by atoms with van der Waals surface area (Å²) in [4.78, 5) is 29.3. The summed E-state index contributed by atoms with van der Waals surface area (Å²) in [6.45, 7) is 1.27. The molecule has 34 heavy (non-hydrogen) atoms. The van der Waals surface area contributed by atoms with Crippen LogP contribution in [-0.2, 0) is 11.0 Å². The van der Waals surface area contributed by atoms with Crippen molar-refractivity contribution in [1.82, 2.24) is 9.55 Å². The molecule has 0 saturated heterocycles. The van der Waals surface area contributed by atoms with Gasteiger partial charge in [-0.25, -0.2) is 9.37 Å². The highest BCUT2D eigenvalue weighted by atomic mass is 19.4. The first-order chi connectivity index (χ1) is 16.1. The lowest BCUT2D eigenvalue weighted by molar-refractivity contribution is -0.140. The number of benzene rings is 2. The third-order valence-electron chi connectivity index (χ3n) is 5.40. The van der Waals surface area contributed by atoms with Crippen LogP contribution in [0.15, 0.2) is 71.8 Å². The van der Waals surface area contributed by atoms with E-state index >= 15 is 0 Å². The van der Waals surface area contributed by atoms with Gasteiger partial charge < -0.3 is 5.32 Å². The highest BCUT2D eigenvalue weighted by Gasteiger charge is 2.36.